The molecule has 3 aromatic heterocycles. The molecule has 4 fully saturated rings. The van der Waals surface area contributed by atoms with E-state index in [1.54, 1.807) is 31.3 Å². The van der Waals surface area contributed by atoms with E-state index in [1.807, 2.05) is 4.72 Å². The molecule has 5 aromatic rings. The number of hydrogen-bond acceptors (Lipinski definition) is 14. The minimum Gasteiger partial charge on any atom is -0.451 e. The number of nitrogens with zero attached hydrogens (tertiary/aromatic N) is 5. The number of alkyl halides is 2. The van der Waals surface area contributed by atoms with Crippen molar-refractivity contribution in [3.8, 4) is 17.4 Å². The van der Waals surface area contributed by atoms with Gasteiger partial charge < -0.3 is 34.5 Å². The number of benzene rings is 2. The average Bonchev–Trinajstić information content (AvgIpc) is 3.77. The molecule has 0 bridgehead atoms. The Morgan fingerprint density at radius 1 is 1.04 bits per heavy atom. The Morgan fingerprint density at radius 2 is 1.80 bits per heavy atom. The van der Waals surface area contributed by atoms with E-state index in [0.717, 1.165) is 44.5 Å². The van der Waals surface area contributed by atoms with Gasteiger partial charge in [-0.3, -0.25) is 19.8 Å². The quantitative estimate of drug-likeness (QED) is 0.0571. The minimum atomic E-state index is -4.78. The zero-order chi connectivity index (χ0) is 48.7. The van der Waals surface area contributed by atoms with E-state index >= 15 is 0 Å². The van der Waals surface area contributed by atoms with Crippen LogP contribution in [0, 0.1) is 21.4 Å². The predicted molar refractivity (Wildman–Crippen MR) is 254 cm³/mol. The van der Waals surface area contributed by atoms with Crippen molar-refractivity contribution < 1.29 is 46.2 Å². The third-order valence-corrected chi connectivity index (χ3v) is 15.9. The summed E-state index contributed by atoms with van der Waals surface area (Å²) in [5, 5.41) is 25.9. The number of morpholine rings is 1. The number of hydrogen-bond donors (Lipinski definition) is 4. The third-order valence-electron chi connectivity index (χ3n) is 14.6. The Balaban J connectivity index is 0.935. The number of anilines is 2. The number of nitro groups is 1. The summed E-state index contributed by atoms with van der Waals surface area (Å²) in [7, 11) is -4.78. The van der Waals surface area contributed by atoms with Crippen molar-refractivity contribution in [2.75, 3.05) is 49.6 Å². The van der Waals surface area contributed by atoms with E-state index in [2.05, 4.69) is 68.2 Å². The number of aliphatic hydroxyl groups is 1. The maximum absolute atomic E-state index is 14.1. The molecule has 2 saturated carbocycles. The van der Waals surface area contributed by atoms with Gasteiger partial charge in [0.05, 0.1) is 41.5 Å². The molecule has 69 heavy (non-hydrogen) atoms. The number of halogens is 2. The van der Waals surface area contributed by atoms with Crippen LogP contribution in [0.3, 0.4) is 0 Å². The number of H-pyrrole nitrogens is 1. The van der Waals surface area contributed by atoms with Gasteiger partial charge in [-0.25, -0.2) is 18.1 Å². The Kier molecular flexibility index (Phi) is 13.5. The lowest BCUT2D eigenvalue weighted by molar-refractivity contribution is -0.384. The van der Waals surface area contributed by atoms with Crippen LogP contribution < -0.4 is 24.4 Å². The summed E-state index contributed by atoms with van der Waals surface area (Å²) in [6.45, 7) is 6.88. The number of sulfonamides is 1. The first-order valence-electron chi connectivity index (χ1n) is 23.6. The van der Waals surface area contributed by atoms with Crippen molar-refractivity contribution in [3.05, 3.63) is 99.9 Å². The maximum Gasteiger partial charge on any atom is 0.388 e. The monoisotopic (exact) mass is 972 g/mol. The summed E-state index contributed by atoms with van der Waals surface area (Å²) in [6.07, 6.45) is 8.98. The number of aromatic nitrogens is 3. The lowest BCUT2D eigenvalue weighted by atomic mass is 9.59. The molecule has 368 valence electrons. The van der Waals surface area contributed by atoms with E-state index < -0.39 is 49.5 Å². The van der Waals surface area contributed by atoms with E-state index in [-0.39, 0.29) is 45.9 Å². The molecule has 2 aromatic carbocycles. The predicted octanol–water partition coefficient (Wildman–Crippen LogP) is 8.68. The van der Waals surface area contributed by atoms with Crippen molar-refractivity contribution >= 4 is 44.2 Å². The van der Waals surface area contributed by atoms with E-state index in [4.69, 9.17) is 14.2 Å². The van der Waals surface area contributed by atoms with Gasteiger partial charge >= 0.3 is 12.3 Å². The van der Waals surface area contributed by atoms with Crippen LogP contribution in [0.5, 0.6) is 17.4 Å². The molecule has 4 aliphatic rings. The van der Waals surface area contributed by atoms with Gasteiger partial charge in [0, 0.05) is 61.6 Å². The molecule has 20 heteroatoms. The van der Waals surface area contributed by atoms with Gasteiger partial charge in [-0.05, 0) is 111 Å². The number of piperidine rings is 1. The third kappa shape index (κ3) is 10.5. The molecule has 9 rings (SSSR count). The lowest BCUT2D eigenvalue weighted by Gasteiger charge is -2.57. The van der Waals surface area contributed by atoms with Crippen molar-refractivity contribution in [2.45, 2.75) is 107 Å². The van der Waals surface area contributed by atoms with Gasteiger partial charge in [-0.1, -0.05) is 38.1 Å². The highest BCUT2D eigenvalue weighted by Gasteiger charge is 2.50. The molecule has 2 aliphatic heterocycles. The Bertz CT molecular complexity index is 2800. The molecule has 5 heterocycles. The topological polar surface area (TPSA) is 214 Å². The van der Waals surface area contributed by atoms with E-state index in [9.17, 15) is 37.2 Å². The van der Waals surface area contributed by atoms with Crippen molar-refractivity contribution in [3.63, 3.8) is 0 Å². The number of nitrogens with one attached hydrogen (secondary N) is 3. The van der Waals surface area contributed by atoms with Gasteiger partial charge in [0.15, 0.2) is 5.75 Å². The zero-order valence-corrected chi connectivity index (χ0v) is 39.6. The van der Waals surface area contributed by atoms with Crippen LogP contribution in [0.25, 0.3) is 11.0 Å². The van der Waals surface area contributed by atoms with Crippen LogP contribution in [0.4, 0.5) is 26.0 Å². The van der Waals surface area contributed by atoms with Gasteiger partial charge in [0.25, 0.3) is 21.8 Å². The highest BCUT2D eigenvalue weighted by molar-refractivity contribution is 7.90. The van der Waals surface area contributed by atoms with Crippen molar-refractivity contribution in [2.24, 2.45) is 11.3 Å². The SMILES string of the molecule is CC(C)c1ccccc1[C@H]1COCCN1C1CC2(CCN(c3ccc(C(=O)NS(=O)(=O)c4cnc(NCC5CCC(C)(O)CC5)c([N+](=O)[O-])c4)c(Oc4cc5cc[nH]c5nc4OC(F)F)c3)CC2)C1. The second kappa shape index (κ2) is 19.4. The van der Waals surface area contributed by atoms with Crippen molar-refractivity contribution in [1.82, 2.24) is 24.6 Å². The van der Waals surface area contributed by atoms with Gasteiger partial charge in [-0.2, -0.15) is 13.8 Å². The first kappa shape index (κ1) is 48.1. The molecule has 2 saturated heterocycles. The molecule has 2 aliphatic carbocycles. The summed E-state index contributed by atoms with van der Waals surface area (Å²) in [6, 6.07) is 17.8. The van der Waals surface area contributed by atoms with E-state index in [1.165, 1.54) is 23.3 Å². The number of carbonyl (C=O) groups excluding carboxylic acids is 1. The minimum absolute atomic E-state index is 0.116. The molecule has 1 spiro atoms. The summed E-state index contributed by atoms with van der Waals surface area (Å²) >= 11 is 0. The Labute approximate surface area is 399 Å². The fourth-order valence-corrected chi connectivity index (χ4v) is 11.5. The maximum atomic E-state index is 14.1. The van der Waals surface area contributed by atoms with Crippen LogP contribution in [-0.2, 0) is 14.8 Å². The molecule has 0 unspecified atom stereocenters. The normalized spacial score (nSPS) is 22.2. The zero-order valence-electron chi connectivity index (χ0n) is 38.8. The molecule has 1 amide bonds. The fraction of sp³-hybridized carbons (Fsp3) is 0.490. The molecular formula is C49H58F2N8O9S. The average molecular weight is 973 g/mol. The summed E-state index contributed by atoms with van der Waals surface area (Å²) in [4.78, 5) is 40.7. The smallest absolute Gasteiger partial charge is 0.388 e. The number of rotatable bonds is 15. The Hall–Kier alpha value is -5.96. The number of carbonyl (C=O) groups is 1. The van der Waals surface area contributed by atoms with Gasteiger partial charge in [0.2, 0.25) is 5.82 Å². The summed E-state index contributed by atoms with van der Waals surface area (Å²) in [5.41, 5.74) is 2.08. The van der Waals surface area contributed by atoms with Crippen LogP contribution in [0.2, 0.25) is 0 Å². The van der Waals surface area contributed by atoms with Crippen molar-refractivity contribution in [1.29, 1.82) is 0 Å². The van der Waals surface area contributed by atoms with Gasteiger partial charge in [-0.15, -0.1) is 0 Å². The number of ether oxygens (including phenoxy) is 3. The van der Waals surface area contributed by atoms with Crippen LogP contribution in [-0.4, -0.2) is 102 Å². The second-order valence-corrected chi connectivity index (χ2v) is 21.3. The molecule has 1 atom stereocenters. The summed E-state index contributed by atoms with van der Waals surface area (Å²) in [5.74, 6) is -1.78. The Morgan fingerprint density at radius 3 is 2.52 bits per heavy atom. The summed E-state index contributed by atoms with van der Waals surface area (Å²) < 4.78 is 74.0. The molecule has 4 N–H and O–H groups in total. The number of amides is 1. The highest BCUT2D eigenvalue weighted by atomic mass is 32.2. The number of aromatic amines is 1. The second-order valence-electron chi connectivity index (χ2n) is 19.6. The molecular weight excluding hydrogens is 915 g/mol. The standard InChI is InChI=1S/C49H58F2N8O9S/c1-30(2)36-6-4-5-7-37(36)40-29-66-21-20-58(40)34-25-49(26-34)15-18-57(19-16-49)33-8-9-38(41(23-33)67-42-22-32-12-17-52-43(32)55-46(42)68-47(50)51)45(60)56-69(64,65)35-24-39(59(62)63)44(54-28-35)53-27-31-10-13-48(3,61)14-11-31/h4-9,12,17,22-24,28,30-31,34,40,47,61H,10-11,13-16,18-21,25-27,29H2,1-3H3,(H,52,55)(H,53,54)(H,56,60)/t31?,40-,48?/m1/s1. The fourth-order valence-electron chi connectivity index (χ4n) is 10.6. The highest BCUT2D eigenvalue weighted by Crippen LogP contribution is 2.53. The first-order chi connectivity index (χ1) is 33.0. The van der Waals surface area contributed by atoms with E-state index in [0.29, 0.717) is 81.6 Å². The lowest BCUT2D eigenvalue weighted by Crippen LogP contribution is -2.58. The molecule has 17 nitrogen and oxygen atoms in total. The first-order valence-corrected chi connectivity index (χ1v) is 25.0. The van der Waals surface area contributed by atoms with Gasteiger partial charge in [0.1, 0.15) is 16.3 Å². The number of fused-ring (bicyclic) bond motifs is 1. The van der Waals surface area contributed by atoms with Crippen LogP contribution in [0.1, 0.15) is 106 Å². The van der Waals surface area contributed by atoms with Crippen LogP contribution >= 0.6 is 0 Å². The van der Waals surface area contributed by atoms with Crippen LogP contribution in [0.15, 0.2) is 78.0 Å². The molecule has 0 radical (unpaired) electrons. The largest absolute Gasteiger partial charge is 0.451 e. The number of pyridine rings is 2.